The van der Waals surface area contributed by atoms with Crippen LogP contribution in [-0.4, -0.2) is 16.0 Å². The van der Waals surface area contributed by atoms with Gasteiger partial charge in [-0.05, 0) is 31.5 Å². The lowest BCUT2D eigenvalue weighted by molar-refractivity contribution is -0.116. The Morgan fingerprint density at radius 3 is 2.80 bits per heavy atom. The quantitative estimate of drug-likeness (QED) is 0.700. The van der Waals surface area contributed by atoms with Crippen molar-refractivity contribution >= 4 is 11.6 Å². The van der Waals surface area contributed by atoms with Crippen molar-refractivity contribution in [1.82, 2.24) is 10.1 Å². The first-order chi connectivity index (χ1) is 12.2. The minimum Gasteiger partial charge on any atom is -0.334 e. The van der Waals surface area contributed by atoms with Crippen LogP contribution in [0, 0.1) is 6.92 Å². The van der Waals surface area contributed by atoms with E-state index in [-0.39, 0.29) is 5.91 Å². The van der Waals surface area contributed by atoms with E-state index >= 15 is 0 Å². The van der Waals surface area contributed by atoms with Gasteiger partial charge in [-0.2, -0.15) is 4.98 Å². The standard InChI is InChI=1S/C20H21N3O2/c1-3-4-12-18(24)21-17-11-6-5-10-16(17)20-22-19(23-25-20)15-9-7-8-14(2)13-15/h5-11,13H,3-4,12H2,1-2H3,(H,21,24). The molecule has 2 aromatic carbocycles. The topological polar surface area (TPSA) is 68.0 Å². The highest BCUT2D eigenvalue weighted by atomic mass is 16.5. The largest absolute Gasteiger partial charge is 0.334 e. The Balaban J connectivity index is 1.86. The van der Waals surface area contributed by atoms with Gasteiger partial charge in [-0.25, -0.2) is 0 Å². The molecule has 25 heavy (non-hydrogen) atoms. The number of aryl methyl sites for hydroxylation is 1. The van der Waals surface area contributed by atoms with E-state index < -0.39 is 0 Å². The molecule has 0 spiro atoms. The molecular weight excluding hydrogens is 314 g/mol. The summed E-state index contributed by atoms with van der Waals surface area (Å²) in [4.78, 5) is 16.5. The second-order valence-electron chi connectivity index (χ2n) is 5.99. The number of carbonyl (C=O) groups excluding carboxylic acids is 1. The van der Waals surface area contributed by atoms with Crippen LogP contribution < -0.4 is 5.32 Å². The zero-order valence-corrected chi connectivity index (χ0v) is 14.5. The van der Waals surface area contributed by atoms with Crippen LogP contribution in [0.4, 0.5) is 5.69 Å². The van der Waals surface area contributed by atoms with Gasteiger partial charge in [0.2, 0.25) is 11.7 Å². The number of unbranched alkanes of at least 4 members (excludes halogenated alkanes) is 1. The van der Waals surface area contributed by atoms with Crippen LogP contribution >= 0.6 is 0 Å². The Labute approximate surface area is 147 Å². The molecule has 1 aromatic heterocycles. The zero-order valence-electron chi connectivity index (χ0n) is 14.5. The van der Waals surface area contributed by atoms with Crippen molar-refractivity contribution < 1.29 is 9.32 Å². The zero-order chi connectivity index (χ0) is 17.6. The number of nitrogens with zero attached hydrogens (tertiary/aromatic N) is 2. The summed E-state index contributed by atoms with van der Waals surface area (Å²) in [6.45, 7) is 4.08. The Kier molecular flexibility index (Phi) is 5.23. The van der Waals surface area contributed by atoms with Crippen molar-refractivity contribution in [2.45, 2.75) is 33.1 Å². The second-order valence-corrected chi connectivity index (χ2v) is 5.99. The predicted octanol–water partition coefficient (Wildman–Crippen LogP) is 4.84. The molecule has 0 unspecified atom stereocenters. The molecule has 3 rings (SSSR count). The third-order valence-corrected chi connectivity index (χ3v) is 3.89. The molecule has 1 heterocycles. The van der Waals surface area contributed by atoms with Gasteiger partial charge in [0, 0.05) is 12.0 Å². The summed E-state index contributed by atoms with van der Waals surface area (Å²) < 4.78 is 5.44. The molecule has 5 heteroatoms. The fourth-order valence-electron chi connectivity index (χ4n) is 2.56. The highest BCUT2D eigenvalue weighted by Crippen LogP contribution is 2.28. The SMILES string of the molecule is CCCCC(=O)Nc1ccccc1-c1nc(-c2cccc(C)c2)no1. The number of aromatic nitrogens is 2. The van der Waals surface area contributed by atoms with Crippen molar-refractivity contribution in [3.63, 3.8) is 0 Å². The number of para-hydroxylation sites is 1. The number of hydrogen-bond donors (Lipinski definition) is 1. The Morgan fingerprint density at radius 2 is 2.00 bits per heavy atom. The van der Waals surface area contributed by atoms with E-state index in [1.54, 1.807) is 0 Å². The van der Waals surface area contributed by atoms with Crippen LogP contribution in [0.25, 0.3) is 22.8 Å². The average Bonchev–Trinajstić information content (AvgIpc) is 3.10. The third-order valence-electron chi connectivity index (χ3n) is 3.89. The Hall–Kier alpha value is -2.95. The summed E-state index contributed by atoms with van der Waals surface area (Å²) in [5.74, 6) is 0.918. The maximum atomic E-state index is 12.0. The lowest BCUT2D eigenvalue weighted by Gasteiger charge is -2.08. The molecule has 0 saturated carbocycles. The second kappa shape index (κ2) is 7.75. The molecule has 0 aliphatic carbocycles. The predicted molar refractivity (Wildman–Crippen MR) is 98.1 cm³/mol. The summed E-state index contributed by atoms with van der Waals surface area (Å²) in [6, 6.07) is 15.4. The molecule has 0 atom stereocenters. The third kappa shape index (κ3) is 4.12. The molecular formula is C20H21N3O2. The van der Waals surface area contributed by atoms with Gasteiger partial charge < -0.3 is 9.84 Å². The summed E-state index contributed by atoms with van der Waals surface area (Å²) in [5.41, 5.74) is 3.44. The molecule has 3 aromatic rings. The Morgan fingerprint density at radius 1 is 1.16 bits per heavy atom. The number of nitrogens with one attached hydrogen (secondary N) is 1. The molecule has 0 fully saturated rings. The van der Waals surface area contributed by atoms with Crippen molar-refractivity contribution in [3.8, 4) is 22.8 Å². The fraction of sp³-hybridized carbons (Fsp3) is 0.250. The smallest absolute Gasteiger partial charge is 0.260 e. The highest BCUT2D eigenvalue weighted by Gasteiger charge is 2.15. The average molecular weight is 335 g/mol. The fourth-order valence-corrected chi connectivity index (χ4v) is 2.56. The van der Waals surface area contributed by atoms with Gasteiger partial charge >= 0.3 is 0 Å². The minimum atomic E-state index is -0.00674. The molecule has 0 saturated heterocycles. The van der Waals surface area contributed by atoms with Crippen molar-refractivity contribution in [2.75, 3.05) is 5.32 Å². The maximum Gasteiger partial charge on any atom is 0.260 e. The molecule has 0 bridgehead atoms. The lowest BCUT2D eigenvalue weighted by Crippen LogP contribution is -2.11. The van der Waals surface area contributed by atoms with Crippen molar-refractivity contribution in [1.29, 1.82) is 0 Å². The van der Waals surface area contributed by atoms with Gasteiger partial charge in [-0.3, -0.25) is 4.79 Å². The normalized spacial score (nSPS) is 10.6. The van der Waals surface area contributed by atoms with Crippen LogP contribution in [-0.2, 0) is 4.79 Å². The van der Waals surface area contributed by atoms with E-state index in [2.05, 4.69) is 22.4 Å². The molecule has 128 valence electrons. The molecule has 0 aliphatic rings. The number of benzene rings is 2. The number of rotatable bonds is 6. The van der Waals surface area contributed by atoms with Gasteiger partial charge in [-0.1, -0.05) is 54.4 Å². The number of amides is 1. The van der Waals surface area contributed by atoms with Crippen LogP contribution in [0.15, 0.2) is 53.1 Å². The van der Waals surface area contributed by atoms with E-state index in [4.69, 9.17) is 4.52 Å². The van der Waals surface area contributed by atoms with Gasteiger partial charge in [0.15, 0.2) is 0 Å². The summed E-state index contributed by atoms with van der Waals surface area (Å²) in [5, 5.41) is 7.01. The summed E-state index contributed by atoms with van der Waals surface area (Å²) in [7, 11) is 0. The summed E-state index contributed by atoms with van der Waals surface area (Å²) in [6.07, 6.45) is 2.36. The van der Waals surface area contributed by atoms with E-state index in [9.17, 15) is 4.79 Å². The van der Waals surface area contributed by atoms with Crippen molar-refractivity contribution in [3.05, 3.63) is 54.1 Å². The van der Waals surface area contributed by atoms with E-state index in [1.165, 1.54) is 0 Å². The molecule has 0 aliphatic heterocycles. The van der Waals surface area contributed by atoms with Crippen LogP contribution in [0.1, 0.15) is 31.7 Å². The first-order valence-electron chi connectivity index (χ1n) is 8.47. The number of hydrogen-bond acceptors (Lipinski definition) is 4. The summed E-state index contributed by atoms with van der Waals surface area (Å²) >= 11 is 0. The number of anilines is 1. The molecule has 0 radical (unpaired) electrons. The minimum absolute atomic E-state index is 0.00674. The monoisotopic (exact) mass is 335 g/mol. The lowest BCUT2D eigenvalue weighted by atomic mass is 10.1. The molecule has 1 amide bonds. The van der Waals surface area contributed by atoms with Crippen LogP contribution in [0.3, 0.4) is 0 Å². The van der Waals surface area contributed by atoms with Crippen molar-refractivity contribution in [2.24, 2.45) is 0 Å². The van der Waals surface area contributed by atoms with Crippen LogP contribution in [0.2, 0.25) is 0 Å². The first-order valence-corrected chi connectivity index (χ1v) is 8.47. The van der Waals surface area contributed by atoms with E-state index in [0.717, 1.165) is 29.5 Å². The molecule has 1 N–H and O–H groups in total. The van der Waals surface area contributed by atoms with Gasteiger partial charge in [0.25, 0.3) is 5.89 Å². The number of carbonyl (C=O) groups is 1. The van der Waals surface area contributed by atoms with Gasteiger partial charge in [-0.15, -0.1) is 0 Å². The van der Waals surface area contributed by atoms with Gasteiger partial charge in [0.1, 0.15) is 0 Å². The van der Waals surface area contributed by atoms with Crippen LogP contribution in [0.5, 0.6) is 0 Å². The Bertz CT molecular complexity index is 871. The van der Waals surface area contributed by atoms with Gasteiger partial charge in [0.05, 0.1) is 11.3 Å². The highest BCUT2D eigenvalue weighted by molar-refractivity contribution is 5.94. The van der Waals surface area contributed by atoms with E-state index in [0.29, 0.717) is 23.8 Å². The van der Waals surface area contributed by atoms with E-state index in [1.807, 2.05) is 55.5 Å². The first kappa shape index (κ1) is 16.9. The maximum absolute atomic E-state index is 12.0. The molecule has 5 nitrogen and oxygen atoms in total.